The van der Waals surface area contributed by atoms with Crippen molar-refractivity contribution in [3.63, 3.8) is 0 Å². The van der Waals surface area contributed by atoms with Crippen LogP contribution in [0.1, 0.15) is 37.0 Å². The minimum absolute atomic E-state index is 0.0473. The van der Waals surface area contributed by atoms with Crippen LogP contribution >= 0.6 is 0 Å². The Labute approximate surface area is 124 Å². The van der Waals surface area contributed by atoms with Crippen molar-refractivity contribution >= 4 is 17.3 Å². The molecule has 1 aromatic carbocycles. The third-order valence-corrected chi connectivity index (χ3v) is 3.96. The molecule has 0 radical (unpaired) electrons. The number of rotatable bonds is 5. The lowest BCUT2D eigenvalue weighted by atomic mass is 10.1. The molecule has 1 saturated heterocycles. The number of carbonyl (C=O) groups is 1. The summed E-state index contributed by atoms with van der Waals surface area (Å²) in [6.07, 6.45) is 2.07. The van der Waals surface area contributed by atoms with Crippen LogP contribution in [0.2, 0.25) is 0 Å². The fraction of sp³-hybridized carbons (Fsp3) is 0.533. The number of hydrogen-bond donors (Lipinski definition) is 1. The summed E-state index contributed by atoms with van der Waals surface area (Å²) in [5.74, 6) is 0.432. The predicted octanol–water partition coefficient (Wildman–Crippen LogP) is 2.90. The van der Waals surface area contributed by atoms with E-state index in [0.717, 1.165) is 25.9 Å². The van der Waals surface area contributed by atoms with Crippen LogP contribution in [0.5, 0.6) is 0 Å². The summed E-state index contributed by atoms with van der Waals surface area (Å²) in [4.78, 5) is 24.9. The Morgan fingerprint density at radius 2 is 2.24 bits per heavy atom. The summed E-state index contributed by atoms with van der Waals surface area (Å²) in [5, 5.41) is 14.1. The van der Waals surface area contributed by atoms with Gasteiger partial charge in [-0.1, -0.05) is 13.3 Å². The van der Waals surface area contributed by atoms with E-state index in [-0.39, 0.29) is 11.6 Å². The van der Waals surface area contributed by atoms with Crippen molar-refractivity contribution in [2.75, 3.05) is 25.0 Å². The van der Waals surface area contributed by atoms with E-state index in [9.17, 15) is 14.9 Å². The summed E-state index contributed by atoms with van der Waals surface area (Å²) in [6.45, 7) is 6.07. The molecule has 114 valence electrons. The Morgan fingerprint density at radius 3 is 2.81 bits per heavy atom. The monoisotopic (exact) mass is 291 g/mol. The number of nitro groups is 1. The quantitative estimate of drug-likeness (QED) is 0.668. The molecule has 1 unspecified atom stereocenters. The Kier molecular flexibility index (Phi) is 4.77. The van der Waals surface area contributed by atoms with E-state index < -0.39 is 4.92 Å². The number of carbonyl (C=O) groups excluding carboxylic acids is 1. The predicted molar refractivity (Wildman–Crippen MR) is 81.6 cm³/mol. The topological polar surface area (TPSA) is 75.5 Å². The van der Waals surface area contributed by atoms with Gasteiger partial charge in [0.1, 0.15) is 5.69 Å². The van der Waals surface area contributed by atoms with Gasteiger partial charge in [0, 0.05) is 31.3 Å². The van der Waals surface area contributed by atoms with Crippen molar-refractivity contribution < 1.29 is 9.72 Å². The van der Waals surface area contributed by atoms with Gasteiger partial charge in [-0.3, -0.25) is 14.9 Å². The number of nitrogens with zero attached hydrogens (tertiary/aromatic N) is 2. The highest BCUT2D eigenvalue weighted by Gasteiger charge is 2.27. The van der Waals surface area contributed by atoms with Crippen molar-refractivity contribution in [1.29, 1.82) is 0 Å². The van der Waals surface area contributed by atoms with E-state index >= 15 is 0 Å². The third-order valence-electron chi connectivity index (χ3n) is 3.96. The molecule has 1 atom stereocenters. The molecular weight excluding hydrogens is 270 g/mol. The van der Waals surface area contributed by atoms with Gasteiger partial charge in [-0.15, -0.1) is 0 Å². The lowest BCUT2D eigenvalue weighted by molar-refractivity contribution is -0.384. The summed E-state index contributed by atoms with van der Waals surface area (Å²) in [6, 6.07) is 4.65. The van der Waals surface area contributed by atoms with Gasteiger partial charge in [0.2, 0.25) is 0 Å². The number of anilines is 1. The lowest BCUT2D eigenvalue weighted by Crippen LogP contribution is -2.28. The SMILES string of the molecule is CCNc1ccc(C(=O)N2CCC(CC)C2)cc1[N+](=O)[O-]. The van der Waals surface area contributed by atoms with E-state index in [1.165, 1.54) is 6.07 Å². The average molecular weight is 291 g/mol. The van der Waals surface area contributed by atoms with Gasteiger partial charge in [0.05, 0.1) is 4.92 Å². The molecule has 0 bridgehead atoms. The van der Waals surface area contributed by atoms with Gasteiger partial charge in [0.25, 0.3) is 11.6 Å². The Bertz CT molecular complexity index is 545. The van der Waals surface area contributed by atoms with Crippen molar-refractivity contribution in [3.05, 3.63) is 33.9 Å². The van der Waals surface area contributed by atoms with Crippen molar-refractivity contribution in [3.8, 4) is 0 Å². The maximum absolute atomic E-state index is 12.4. The van der Waals surface area contributed by atoms with Crippen LogP contribution in [-0.4, -0.2) is 35.4 Å². The number of nitrogens with one attached hydrogen (secondary N) is 1. The maximum atomic E-state index is 12.4. The van der Waals surface area contributed by atoms with E-state index in [1.807, 2.05) is 6.92 Å². The Morgan fingerprint density at radius 1 is 1.48 bits per heavy atom. The number of amides is 1. The first kappa shape index (κ1) is 15.3. The molecule has 1 fully saturated rings. The zero-order valence-corrected chi connectivity index (χ0v) is 12.5. The van der Waals surface area contributed by atoms with E-state index in [0.29, 0.717) is 23.7 Å². The van der Waals surface area contributed by atoms with Gasteiger partial charge >= 0.3 is 0 Å². The summed E-state index contributed by atoms with van der Waals surface area (Å²) < 4.78 is 0. The number of benzene rings is 1. The standard InChI is InChI=1S/C15H21N3O3/c1-3-11-7-8-17(10-11)15(19)12-5-6-13(16-4-2)14(9-12)18(20)21/h5-6,9,11,16H,3-4,7-8,10H2,1-2H3. The van der Waals surface area contributed by atoms with Gasteiger partial charge in [-0.2, -0.15) is 0 Å². The molecule has 1 aliphatic rings. The Balaban J connectivity index is 2.22. The fourth-order valence-corrected chi connectivity index (χ4v) is 2.69. The second kappa shape index (κ2) is 6.56. The average Bonchev–Trinajstić information content (AvgIpc) is 2.96. The smallest absolute Gasteiger partial charge is 0.293 e. The molecule has 1 aromatic rings. The van der Waals surface area contributed by atoms with Gasteiger partial charge in [0.15, 0.2) is 0 Å². The summed E-state index contributed by atoms with van der Waals surface area (Å²) in [5.41, 5.74) is 0.793. The van der Waals surface area contributed by atoms with Crippen LogP contribution in [-0.2, 0) is 0 Å². The highest BCUT2D eigenvalue weighted by atomic mass is 16.6. The molecule has 1 heterocycles. The third kappa shape index (κ3) is 3.32. The number of likely N-dealkylation sites (tertiary alicyclic amines) is 1. The molecule has 6 nitrogen and oxygen atoms in total. The molecule has 1 aliphatic heterocycles. The number of nitro benzene ring substituents is 1. The van der Waals surface area contributed by atoms with Crippen LogP contribution < -0.4 is 5.32 Å². The first-order valence-electron chi connectivity index (χ1n) is 7.38. The van der Waals surface area contributed by atoms with E-state index in [4.69, 9.17) is 0 Å². The number of hydrogen-bond acceptors (Lipinski definition) is 4. The van der Waals surface area contributed by atoms with E-state index in [2.05, 4.69) is 12.2 Å². The summed E-state index contributed by atoms with van der Waals surface area (Å²) >= 11 is 0. The zero-order chi connectivity index (χ0) is 15.4. The van der Waals surface area contributed by atoms with Crippen molar-refractivity contribution in [2.45, 2.75) is 26.7 Å². The van der Waals surface area contributed by atoms with Crippen LogP contribution in [0.4, 0.5) is 11.4 Å². The minimum atomic E-state index is -0.451. The molecule has 1 amide bonds. The molecule has 0 aliphatic carbocycles. The van der Waals surface area contributed by atoms with Crippen molar-refractivity contribution in [1.82, 2.24) is 4.90 Å². The second-order valence-electron chi connectivity index (χ2n) is 5.33. The molecule has 0 spiro atoms. The lowest BCUT2D eigenvalue weighted by Gasteiger charge is -2.16. The van der Waals surface area contributed by atoms with Crippen LogP contribution in [0.15, 0.2) is 18.2 Å². The maximum Gasteiger partial charge on any atom is 0.293 e. The molecule has 1 N–H and O–H groups in total. The van der Waals surface area contributed by atoms with Crippen LogP contribution in [0.25, 0.3) is 0 Å². The van der Waals surface area contributed by atoms with Crippen LogP contribution in [0, 0.1) is 16.0 Å². The van der Waals surface area contributed by atoms with Gasteiger partial charge in [-0.05, 0) is 31.4 Å². The second-order valence-corrected chi connectivity index (χ2v) is 5.33. The normalized spacial score (nSPS) is 17.8. The van der Waals surface area contributed by atoms with E-state index in [1.54, 1.807) is 17.0 Å². The van der Waals surface area contributed by atoms with Gasteiger partial charge in [-0.25, -0.2) is 0 Å². The van der Waals surface area contributed by atoms with Crippen molar-refractivity contribution in [2.24, 2.45) is 5.92 Å². The zero-order valence-electron chi connectivity index (χ0n) is 12.5. The highest BCUT2D eigenvalue weighted by Crippen LogP contribution is 2.27. The molecular formula is C15H21N3O3. The Hall–Kier alpha value is -2.11. The molecule has 2 rings (SSSR count). The summed E-state index contributed by atoms with van der Waals surface area (Å²) in [7, 11) is 0. The first-order valence-corrected chi connectivity index (χ1v) is 7.38. The largest absolute Gasteiger partial charge is 0.380 e. The molecule has 6 heteroatoms. The fourth-order valence-electron chi connectivity index (χ4n) is 2.69. The molecule has 0 saturated carbocycles. The minimum Gasteiger partial charge on any atom is -0.380 e. The highest BCUT2D eigenvalue weighted by molar-refractivity contribution is 5.96. The van der Waals surface area contributed by atoms with Crippen LogP contribution in [0.3, 0.4) is 0 Å². The first-order chi connectivity index (χ1) is 10.1. The van der Waals surface area contributed by atoms with Gasteiger partial charge < -0.3 is 10.2 Å². The molecule has 21 heavy (non-hydrogen) atoms. The molecule has 0 aromatic heterocycles.